The number of nitrogens with zero attached hydrogens (tertiary/aromatic N) is 2. The molecule has 0 N–H and O–H groups in total. The molecule has 3 nitrogen and oxygen atoms in total. The first-order chi connectivity index (χ1) is 10.9. The van der Waals surface area contributed by atoms with E-state index in [1.807, 2.05) is 0 Å². The summed E-state index contributed by atoms with van der Waals surface area (Å²) < 4.78 is 38.4. The smallest absolute Gasteiger partial charge is 0.338 e. The third-order valence-electron chi connectivity index (χ3n) is 4.09. The van der Waals surface area contributed by atoms with Gasteiger partial charge in [0.15, 0.2) is 0 Å². The van der Waals surface area contributed by atoms with Gasteiger partial charge in [-0.3, -0.25) is 9.78 Å². The van der Waals surface area contributed by atoms with Gasteiger partial charge in [0.1, 0.15) is 0 Å². The highest BCUT2D eigenvalue weighted by Crippen LogP contribution is 2.34. The number of aromatic nitrogens is 1. The SMILES string of the molecule is O=C(c1ccncc1)N1CC[C@H](c2cccc(C(F)(F)F)c2)C1. The van der Waals surface area contributed by atoms with Crippen LogP contribution in [0.1, 0.15) is 33.8 Å². The number of benzene rings is 1. The highest BCUT2D eigenvalue weighted by atomic mass is 19.4. The molecule has 1 aromatic carbocycles. The minimum absolute atomic E-state index is 0.0666. The molecular formula is C17H15F3N2O. The van der Waals surface area contributed by atoms with Crippen molar-refractivity contribution in [3.8, 4) is 0 Å². The van der Waals surface area contributed by atoms with Crippen LogP contribution in [0.25, 0.3) is 0 Å². The number of alkyl halides is 3. The van der Waals surface area contributed by atoms with Gasteiger partial charge in [-0.25, -0.2) is 0 Å². The zero-order chi connectivity index (χ0) is 16.4. The maximum Gasteiger partial charge on any atom is 0.416 e. The second-order valence-corrected chi connectivity index (χ2v) is 5.60. The van der Waals surface area contributed by atoms with Crippen molar-refractivity contribution in [1.82, 2.24) is 9.88 Å². The quantitative estimate of drug-likeness (QED) is 0.845. The number of hydrogen-bond acceptors (Lipinski definition) is 2. The van der Waals surface area contributed by atoms with Gasteiger partial charge in [0.2, 0.25) is 0 Å². The highest BCUT2D eigenvalue weighted by Gasteiger charge is 2.33. The van der Waals surface area contributed by atoms with Gasteiger partial charge in [-0.05, 0) is 30.2 Å². The van der Waals surface area contributed by atoms with E-state index in [0.29, 0.717) is 30.6 Å². The van der Waals surface area contributed by atoms with Crippen LogP contribution in [0.3, 0.4) is 0 Å². The summed E-state index contributed by atoms with van der Waals surface area (Å²) in [7, 11) is 0. The zero-order valence-corrected chi connectivity index (χ0v) is 12.3. The maximum absolute atomic E-state index is 12.8. The van der Waals surface area contributed by atoms with Gasteiger partial charge in [-0.1, -0.05) is 18.2 Å². The molecule has 1 aliphatic rings. The monoisotopic (exact) mass is 320 g/mol. The molecule has 3 rings (SSSR count). The Labute approximate surface area is 131 Å². The standard InChI is InChI=1S/C17H15F3N2O/c18-17(19,20)15-3-1-2-13(10-15)14-6-9-22(11-14)16(23)12-4-7-21-8-5-12/h1-5,7-8,10,14H,6,9,11H2/t14-/m0/s1. The first-order valence-corrected chi connectivity index (χ1v) is 7.31. The van der Waals surface area contributed by atoms with Crippen LogP contribution in [0.5, 0.6) is 0 Å². The number of carbonyl (C=O) groups excluding carboxylic acids is 1. The Hall–Kier alpha value is -2.37. The molecule has 0 unspecified atom stereocenters. The third kappa shape index (κ3) is 3.36. The lowest BCUT2D eigenvalue weighted by molar-refractivity contribution is -0.137. The van der Waals surface area contributed by atoms with Crippen molar-refractivity contribution in [2.75, 3.05) is 13.1 Å². The fraction of sp³-hybridized carbons (Fsp3) is 0.294. The second kappa shape index (κ2) is 6.02. The Bertz CT molecular complexity index is 700. The number of rotatable bonds is 2. The largest absolute Gasteiger partial charge is 0.416 e. The Morgan fingerprint density at radius 2 is 1.91 bits per heavy atom. The molecule has 1 aliphatic heterocycles. The van der Waals surface area contributed by atoms with Crippen LogP contribution < -0.4 is 0 Å². The van der Waals surface area contributed by atoms with Gasteiger partial charge < -0.3 is 4.90 Å². The topological polar surface area (TPSA) is 33.2 Å². The summed E-state index contributed by atoms with van der Waals surface area (Å²) in [6.07, 6.45) is -0.583. The van der Waals surface area contributed by atoms with Gasteiger partial charge in [0, 0.05) is 37.0 Å². The van der Waals surface area contributed by atoms with Crippen LogP contribution in [0.2, 0.25) is 0 Å². The molecule has 1 aromatic heterocycles. The van der Waals surface area contributed by atoms with Gasteiger partial charge in [-0.15, -0.1) is 0 Å². The third-order valence-corrected chi connectivity index (χ3v) is 4.09. The lowest BCUT2D eigenvalue weighted by Gasteiger charge is -2.17. The molecule has 0 bridgehead atoms. The average Bonchev–Trinajstić information content (AvgIpc) is 3.04. The molecule has 0 spiro atoms. The molecule has 0 aliphatic carbocycles. The van der Waals surface area contributed by atoms with E-state index in [0.717, 1.165) is 6.07 Å². The van der Waals surface area contributed by atoms with E-state index in [2.05, 4.69) is 4.98 Å². The van der Waals surface area contributed by atoms with Crippen LogP contribution in [-0.2, 0) is 6.18 Å². The van der Waals surface area contributed by atoms with Crippen molar-refractivity contribution in [2.24, 2.45) is 0 Å². The predicted octanol–water partition coefficient (Wildman–Crippen LogP) is 3.73. The Balaban J connectivity index is 1.74. The first kappa shape index (κ1) is 15.5. The molecule has 0 radical (unpaired) electrons. The van der Waals surface area contributed by atoms with Crippen molar-refractivity contribution in [1.29, 1.82) is 0 Å². The number of hydrogen-bond donors (Lipinski definition) is 0. The second-order valence-electron chi connectivity index (χ2n) is 5.60. The lowest BCUT2D eigenvalue weighted by Crippen LogP contribution is -2.28. The summed E-state index contributed by atoms with van der Waals surface area (Å²) in [6.45, 7) is 0.977. The average molecular weight is 320 g/mol. The van der Waals surface area contributed by atoms with Crippen LogP contribution >= 0.6 is 0 Å². The molecule has 1 amide bonds. The van der Waals surface area contributed by atoms with E-state index < -0.39 is 11.7 Å². The van der Waals surface area contributed by atoms with Crippen LogP contribution in [0.15, 0.2) is 48.8 Å². The number of carbonyl (C=O) groups is 1. The van der Waals surface area contributed by atoms with Crippen molar-refractivity contribution in [3.63, 3.8) is 0 Å². The number of pyridine rings is 1. The minimum atomic E-state index is -4.35. The maximum atomic E-state index is 12.8. The summed E-state index contributed by atoms with van der Waals surface area (Å²) in [5, 5.41) is 0. The molecule has 2 heterocycles. The summed E-state index contributed by atoms with van der Waals surface area (Å²) in [4.78, 5) is 17.9. The summed E-state index contributed by atoms with van der Waals surface area (Å²) in [5.41, 5.74) is 0.531. The van der Waals surface area contributed by atoms with Crippen LogP contribution in [0.4, 0.5) is 13.2 Å². The van der Waals surface area contributed by atoms with E-state index >= 15 is 0 Å². The van der Waals surface area contributed by atoms with E-state index in [-0.39, 0.29) is 11.8 Å². The molecule has 1 fully saturated rings. The van der Waals surface area contributed by atoms with E-state index in [1.54, 1.807) is 35.5 Å². The molecule has 6 heteroatoms. The highest BCUT2D eigenvalue weighted by molar-refractivity contribution is 5.94. The number of amides is 1. The Kier molecular flexibility index (Phi) is 4.07. The molecular weight excluding hydrogens is 305 g/mol. The molecule has 120 valence electrons. The number of likely N-dealkylation sites (tertiary alicyclic amines) is 1. The van der Waals surface area contributed by atoms with Gasteiger partial charge in [0.25, 0.3) is 5.91 Å². The molecule has 2 aromatic rings. The summed E-state index contributed by atoms with van der Waals surface area (Å²) >= 11 is 0. The normalized spacial score (nSPS) is 18.2. The van der Waals surface area contributed by atoms with Gasteiger partial charge in [-0.2, -0.15) is 13.2 Å². The lowest BCUT2D eigenvalue weighted by atomic mass is 9.96. The van der Waals surface area contributed by atoms with Crippen molar-refractivity contribution < 1.29 is 18.0 Å². The molecule has 1 atom stereocenters. The van der Waals surface area contributed by atoms with Crippen molar-refractivity contribution >= 4 is 5.91 Å². The van der Waals surface area contributed by atoms with E-state index in [9.17, 15) is 18.0 Å². The zero-order valence-electron chi connectivity index (χ0n) is 12.3. The minimum Gasteiger partial charge on any atom is -0.338 e. The number of halogens is 3. The molecule has 0 saturated carbocycles. The fourth-order valence-corrected chi connectivity index (χ4v) is 2.86. The van der Waals surface area contributed by atoms with Crippen molar-refractivity contribution in [2.45, 2.75) is 18.5 Å². The van der Waals surface area contributed by atoms with E-state index in [4.69, 9.17) is 0 Å². The van der Waals surface area contributed by atoms with Crippen LogP contribution in [-0.4, -0.2) is 28.9 Å². The van der Waals surface area contributed by atoms with Gasteiger partial charge >= 0.3 is 6.18 Å². The summed E-state index contributed by atoms with van der Waals surface area (Å²) in [6, 6.07) is 8.65. The summed E-state index contributed by atoms with van der Waals surface area (Å²) in [5.74, 6) is -0.176. The Morgan fingerprint density at radius 1 is 1.17 bits per heavy atom. The fourth-order valence-electron chi connectivity index (χ4n) is 2.86. The molecule has 1 saturated heterocycles. The van der Waals surface area contributed by atoms with Gasteiger partial charge in [0.05, 0.1) is 5.56 Å². The van der Waals surface area contributed by atoms with Crippen LogP contribution in [0, 0.1) is 0 Å². The Morgan fingerprint density at radius 3 is 2.61 bits per heavy atom. The first-order valence-electron chi connectivity index (χ1n) is 7.31. The van der Waals surface area contributed by atoms with E-state index in [1.165, 1.54) is 12.1 Å². The molecule has 23 heavy (non-hydrogen) atoms. The van der Waals surface area contributed by atoms with Crippen molar-refractivity contribution in [3.05, 3.63) is 65.5 Å². The predicted molar refractivity (Wildman–Crippen MR) is 78.9 cm³/mol.